The van der Waals surface area contributed by atoms with Gasteiger partial charge < -0.3 is 4.74 Å². The third-order valence-electron chi connectivity index (χ3n) is 11.6. The summed E-state index contributed by atoms with van der Waals surface area (Å²) in [6.07, 6.45) is 17.7. The fourth-order valence-electron chi connectivity index (χ4n) is 9.70. The molecule has 1 spiro atoms. The zero-order chi connectivity index (χ0) is 20.4. The Kier molecular flexibility index (Phi) is 5.21. The molecule has 0 aromatic carbocycles. The van der Waals surface area contributed by atoms with Crippen molar-refractivity contribution < 1.29 is 4.74 Å². The quantitative estimate of drug-likeness (QED) is 0.428. The van der Waals surface area contributed by atoms with Crippen molar-refractivity contribution in [3.05, 3.63) is 0 Å². The van der Waals surface area contributed by atoms with Crippen LogP contribution in [0.15, 0.2) is 0 Å². The smallest absolute Gasteiger partial charge is 0.0919 e. The summed E-state index contributed by atoms with van der Waals surface area (Å²) in [5.41, 5.74) is 1.63. The van der Waals surface area contributed by atoms with E-state index in [0.717, 1.165) is 48.0 Å². The molecule has 0 aromatic rings. The average molecular weight is 401 g/mol. The van der Waals surface area contributed by atoms with Gasteiger partial charge in [-0.25, -0.2) is 0 Å². The molecule has 1 aliphatic heterocycles. The zero-order valence-corrected chi connectivity index (χ0v) is 20.1. The van der Waals surface area contributed by atoms with Gasteiger partial charge in [-0.2, -0.15) is 0 Å². The Balaban J connectivity index is 1.29. The van der Waals surface area contributed by atoms with E-state index in [2.05, 4.69) is 34.6 Å². The maximum atomic E-state index is 5.94. The van der Waals surface area contributed by atoms with Crippen molar-refractivity contribution in [3.8, 4) is 0 Å². The Morgan fingerprint density at radius 3 is 2.31 bits per heavy atom. The first kappa shape index (κ1) is 20.8. The van der Waals surface area contributed by atoms with Gasteiger partial charge in [0.1, 0.15) is 0 Å². The standard InChI is InChI=1S/C28H48O/c1-19(2)7-6-8-20(3)23-11-12-24-22-10-9-21-17-28(18-29-28)16-15-26(21,4)25(22)13-14-27(23,24)5/h19-25H,6-18H2,1-5H3/t20-,21+,22+,23-,24+,25+,26+,27-,28-/m1/s1. The van der Waals surface area contributed by atoms with Crippen molar-refractivity contribution in [2.45, 2.75) is 117 Å². The lowest BCUT2D eigenvalue weighted by atomic mass is 9.44. The molecule has 1 heterocycles. The Morgan fingerprint density at radius 2 is 1.59 bits per heavy atom. The highest BCUT2D eigenvalue weighted by Gasteiger charge is 2.63. The highest BCUT2D eigenvalue weighted by molar-refractivity contribution is 5.12. The number of hydrogen-bond donors (Lipinski definition) is 0. The molecule has 5 aliphatic rings. The van der Waals surface area contributed by atoms with Crippen LogP contribution >= 0.6 is 0 Å². The van der Waals surface area contributed by atoms with E-state index in [1.54, 1.807) is 6.42 Å². The summed E-state index contributed by atoms with van der Waals surface area (Å²) in [6, 6.07) is 0. The number of hydrogen-bond acceptors (Lipinski definition) is 1. The first-order chi connectivity index (χ1) is 13.8. The third-order valence-corrected chi connectivity index (χ3v) is 11.6. The number of rotatable bonds is 5. The van der Waals surface area contributed by atoms with Gasteiger partial charge in [0.05, 0.1) is 12.2 Å². The van der Waals surface area contributed by atoms with Crippen LogP contribution in [0, 0.1) is 52.3 Å². The lowest BCUT2D eigenvalue weighted by molar-refractivity contribution is -0.123. The van der Waals surface area contributed by atoms with Crippen molar-refractivity contribution in [3.63, 3.8) is 0 Å². The molecular weight excluding hydrogens is 352 g/mol. The normalized spacial score (nSPS) is 52.1. The highest BCUT2D eigenvalue weighted by atomic mass is 16.6. The van der Waals surface area contributed by atoms with Crippen LogP contribution in [-0.2, 0) is 4.74 Å². The van der Waals surface area contributed by atoms with Crippen LogP contribution in [0.2, 0.25) is 0 Å². The monoisotopic (exact) mass is 400 g/mol. The van der Waals surface area contributed by atoms with Crippen LogP contribution in [0.25, 0.3) is 0 Å². The van der Waals surface area contributed by atoms with Crippen LogP contribution in [-0.4, -0.2) is 12.2 Å². The minimum atomic E-state index is 0.351. The molecule has 5 rings (SSSR count). The molecule has 9 atom stereocenters. The number of ether oxygens (including phenoxy) is 1. The van der Waals surface area contributed by atoms with Gasteiger partial charge in [-0.15, -0.1) is 0 Å². The largest absolute Gasteiger partial charge is 0.370 e. The number of fused-ring (bicyclic) bond motifs is 5. The summed E-state index contributed by atoms with van der Waals surface area (Å²) in [5, 5.41) is 0. The Labute approximate surface area is 181 Å². The molecule has 29 heavy (non-hydrogen) atoms. The lowest BCUT2D eigenvalue weighted by Crippen LogP contribution is -2.54. The molecule has 1 heteroatoms. The van der Waals surface area contributed by atoms with E-state index in [1.165, 1.54) is 70.6 Å². The van der Waals surface area contributed by atoms with Crippen LogP contribution in [0.1, 0.15) is 112 Å². The van der Waals surface area contributed by atoms with Crippen molar-refractivity contribution in [1.82, 2.24) is 0 Å². The first-order valence-corrected chi connectivity index (χ1v) is 13.4. The van der Waals surface area contributed by atoms with Gasteiger partial charge >= 0.3 is 0 Å². The van der Waals surface area contributed by atoms with E-state index in [0.29, 0.717) is 16.4 Å². The van der Waals surface area contributed by atoms with Crippen LogP contribution in [0.4, 0.5) is 0 Å². The first-order valence-electron chi connectivity index (χ1n) is 13.4. The van der Waals surface area contributed by atoms with E-state index in [4.69, 9.17) is 4.74 Å². The molecule has 5 fully saturated rings. The van der Waals surface area contributed by atoms with Gasteiger partial charge in [-0.05, 0) is 110 Å². The maximum absolute atomic E-state index is 5.94. The Hall–Kier alpha value is -0.0400. The average Bonchev–Trinajstić information content (AvgIpc) is 3.33. The van der Waals surface area contributed by atoms with Crippen LogP contribution < -0.4 is 0 Å². The molecule has 0 N–H and O–H groups in total. The second-order valence-electron chi connectivity index (χ2n) is 13.4. The fourth-order valence-corrected chi connectivity index (χ4v) is 9.70. The van der Waals surface area contributed by atoms with Gasteiger partial charge in [0.25, 0.3) is 0 Å². The summed E-state index contributed by atoms with van der Waals surface area (Å²) >= 11 is 0. The second kappa shape index (κ2) is 7.25. The molecule has 4 aliphatic carbocycles. The summed E-state index contributed by atoms with van der Waals surface area (Å²) in [6.45, 7) is 13.9. The van der Waals surface area contributed by atoms with E-state index < -0.39 is 0 Å². The van der Waals surface area contributed by atoms with Crippen molar-refractivity contribution in [2.24, 2.45) is 52.3 Å². The molecule has 0 amide bonds. The topological polar surface area (TPSA) is 12.5 Å². The summed E-state index contributed by atoms with van der Waals surface area (Å²) in [5.74, 6) is 6.86. The molecular formula is C28H48O. The fraction of sp³-hybridized carbons (Fsp3) is 1.00. The minimum absolute atomic E-state index is 0.351. The summed E-state index contributed by atoms with van der Waals surface area (Å²) in [4.78, 5) is 0. The predicted octanol–water partition coefficient (Wildman–Crippen LogP) is 7.88. The predicted molar refractivity (Wildman–Crippen MR) is 122 cm³/mol. The van der Waals surface area contributed by atoms with Gasteiger partial charge in [0.15, 0.2) is 0 Å². The van der Waals surface area contributed by atoms with Gasteiger partial charge in [0.2, 0.25) is 0 Å². The van der Waals surface area contributed by atoms with E-state index >= 15 is 0 Å². The zero-order valence-electron chi connectivity index (χ0n) is 20.1. The second-order valence-corrected chi connectivity index (χ2v) is 13.4. The summed E-state index contributed by atoms with van der Waals surface area (Å²) < 4.78 is 5.94. The molecule has 166 valence electrons. The molecule has 1 nitrogen and oxygen atoms in total. The SMILES string of the molecule is CC(C)CCC[C@@H](C)[C@H]1CC[C@H]2[C@@H]3CC[C@H]4C[C@]5(CC[C@]4(C)[C@H]3CC[C@]12C)CO5. The Bertz CT molecular complexity index is 605. The Morgan fingerprint density at radius 1 is 0.828 bits per heavy atom. The molecule has 1 saturated heterocycles. The minimum Gasteiger partial charge on any atom is -0.370 e. The molecule has 0 radical (unpaired) electrons. The van der Waals surface area contributed by atoms with Gasteiger partial charge in [0, 0.05) is 0 Å². The molecule has 0 bridgehead atoms. The highest BCUT2D eigenvalue weighted by Crippen LogP contribution is 2.69. The van der Waals surface area contributed by atoms with E-state index in [-0.39, 0.29) is 0 Å². The summed E-state index contributed by atoms with van der Waals surface area (Å²) in [7, 11) is 0. The third kappa shape index (κ3) is 3.35. The van der Waals surface area contributed by atoms with E-state index in [9.17, 15) is 0 Å². The van der Waals surface area contributed by atoms with Crippen molar-refractivity contribution >= 4 is 0 Å². The number of epoxide rings is 1. The molecule has 0 aromatic heterocycles. The van der Waals surface area contributed by atoms with Gasteiger partial charge in [-0.1, -0.05) is 53.9 Å². The van der Waals surface area contributed by atoms with Crippen molar-refractivity contribution in [1.29, 1.82) is 0 Å². The maximum Gasteiger partial charge on any atom is 0.0919 e. The van der Waals surface area contributed by atoms with Gasteiger partial charge in [-0.3, -0.25) is 0 Å². The van der Waals surface area contributed by atoms with Crippen LogP contribution in [0.5, 0.6) is 0 Å². The van der Waals surface area contributed by atoms with Crippen LogP contribution in [0.3, 0.4) is 0 Å². The van der Waals surface area contributed by atoms with Crippen molar-refractivity contribution in [2.75, 3.05) is 6.61 Å². The van der Waals surface area contributed by atoms with E-state index in [1.807, 2.05) is 0 Å². The molecule has 4 saturated carbocycles. The lowest BCUT2D eigenvalue weighted by Gasteiger charge is -2.61. The molecule has 0 unspecified atom stereocenters.